The average molecular weight is 648 g/mol. The second-order valence-electron chi connectivity index (χ2n) is 9.78. The Labute approximate surface area is 198 Å². The fraction of sp³-hybridized carbons (Fsp3) is 1.00. The molecule has 0 aliphatic heterocycles. The van der Waals surface area contributed by atoms with Gasteiger partial charge in [0.1, 0.15) is 0 Å². The molecule has 0 radical (unpaired) electrons. The Kier molecular flexibility index (Phi) is 14.5. The molecule has 0 aliphatic rings. The fourth-order valence-corrected chi connectivity index (χ4v) is 30.6. The minimum absolute atomic E-state index is 0.0144. The maximum atomic E-state index is 6.59. The van der Waals surface area contributed by atoms with E-state index in [2.05, 4.69) is 13.8 Å². The Morgan fingerprint density at radius 1 is 0.300 bits per heavy atom. The quantitative estimate of drug-likeness (QED) is 0.198. The molecule has 182 valence electrons. The van der Waals surface area contributed by atoms with Crippen LogP contribution in [0.1, 0.15) is 96.9 Å². The fourth-order valence-electron chi connectivity index (χ4n) is 3.39. The van der Waals surface area contributed by atoms with E-state index in [9.17, 15) is 0 Å². The summed E-state index contributed by atoms with van der Waals surface area (Å²) in [5.74, 6) is 0. The van der Waals surface area contributed by atoms with Gasteiger partial charge in [0.25, 0.3) is 0 Å². The van der Waals surface area contributed by atoms with E-state index in [1.165, 1.54) is 0 Å². The molecule has 0 spiro atoms. The summed E-state index contributed by atoms with van der Waals surface area (Å²) in [6.07, 6.45) is 0.0867. The molecule has 30 heavy (non-hydrogen) atoms. The zero-order valence-electron chi connectivity index (χ0n) is 22.1. The van der Waals surface area contributed by atoms with Crippen molar-refractivity contribution < 1.29 is 18.4 Å². The molecular weight excluding hydrogens is 598 g/mol. The van der Waals surface area contributed by atoms with E-state index >= 15 is 0 Å². The van der Waals surface area contributed by atoms with Gasteiger partial charge in [-0.3, -0.25) is 0 Å². The van der Waals surface area contributed by atoms with Crippen LogP contribution in [-0.2, 0) is 18.4 Å². The molecule has 0 aromatic heterocycles. The van der Waals surface area contributed by atoms with Crippen LogP contribution in [0.2, 0.25) is 7.87 Å². The SMILES string of the molecule is CC(C)[O][Sn]([O]C(C)C)([O]C(C)C)[CH](C)[CH](C)[Sn]([O]C(C)C)([O]C(C)C)[O]C(C)C. The molecule has 0 heterocycles. The van der Waals surface area contributed by atoms with E-state index in [1.54, 1.807) is 0 Å². The van der Waals surface area contributed by atoms with Crippen LogP contribution in [0, 0.1) is 0 Å². The molecule has 0 bridgehead atoms. The Hall–Kier alpha value is 1.36. The summed E-state index contributed by atoms with van der Waals surface area (Å²) in [5, 5.41) is 0. The van der Waals surface area contributed by atoms with Crippen LogP contribution in [0.15, 0.2) is 0 Å². The van der Waals surface area contributed by atoms with Crippen LogP contribution in [0.5, 0.6) is 0 Å². The molecular formula is C22H50O6Sn2. The second kappa shape index (κ2) is 13.9. The third-order valence-corrected chi connectivity index (χ3v) is 29.9. The molecule has 0 aliphatic carbocycles. The van der Waals surface area contributed by atoms with Gasteiger partial charge in [-0.15, -0.1) is 0 Å². The average Bonchev–Trinajstić information content (AvgIpc) is 2.48. The Morgan fingerprint density at radius 2 is 0.433 bits per heavy atom. The van der Waals surface area contributed by atoms with Crippen molar-refractivity contribution in [2.24, 2.45) is 0 Å². The molecule has 0 fully saturated rings. The van der Waals surface area contributed by atoms with E-state index < -0.39 is 39.2 Å². The second-order valence-corrected chi connectivity index (χ2v) is 25.9. The zero-order chi connectivity index (χ0) is 23.9. The van der Waals surface area contributed by atoms with Crippen molar-refractivity contribution in [3.05, 3.63) is 0 Å². The molecule has 0 aromatic rings. The Bertz CT molecular complexity index is 373. The molecule has 0 amide bonds. The van der Waals surface area contributed by atoms with Crippen LogP contribution in [0.4, 0.5) is 0 Å². The van der Waals surface area contributed by atoms with Gasteiger partial charge in [0.2, 0.25) is 0 Å². The first-order valence-electron chi connectivity index (χ1n) is 11.6. The third kappa shape index (κ3) is 10.5. The normalized spacial score (nSPS) is 16.0. The number of hydrogen-bond acceptors (Lipinski definition) is 6. The summed E-state index contributed by atoms with van der Waals surface area (Å²) in [6, 6.07) is 0. The van der Waals surface area contributed by atoms with Crippen LogP contribution in [0.3, 0.4) is 0 Å². The summed E-state index contributed by atoms with van der Waals surface area (Å²) >= 11 is -8.13. The van der Waals surface area contributed by atoms with Gasteiger partial charge in [-0.1, -0.05) is 0 Å². The standard InChI is InChI=1S/C4H8.6C3H7O.2Sn/c1-3-4-2;6*1-3(2)4;;/h3-4H,1-2H3;6*3H,1-2H3;;/q;6*-1;2*+3. The Balaban J connectivity index is 6.44. The summed E-state index contributed by atoms with van der Waals surface area (Å²) in [6.45, 7) is 29.0. The van der Waals surface area contributed by atoms with Crippen molar-refractivity contribution in [2.75, 3.05) is 0 Å². The van der Waals surface area contributed by atoms with Crippen molar-refractivity contribution in [3.63, 3.8) is 0 Å². The van der Waals surface area contributed by atoms with Gasteiger partial charge >= 0.3 is 199 Å². The zero-order valence-corrected chi connectivity index (χ0v) is 27.8. The summed E-state index contributed by atoms with van der Waals surface area (Å²) < 4.78 is 39.6. The molecule has 8 heteroatoms. The van der Waals surface area contributed by atoms with Crippen LogP contribution < -0.4 is 0 Å². The van der Waals surface area contributed by atoms with E-state index in [0.717, 1.165) is 0 Å². The van der Waals surface area contributed by atoms with Gasteiger partial charge < -0.3 is 0 Å². The van der Waals surface area contributed by atoms with Gasteiger partial charge in [-0.2, -0.15) is 0 Å². The molecule has 2 unspecified atom stereocenters. The summed E-state index contributed by atoms with van der Waals surface area (Å²) in [5.41, 5.74) is 0. The van der Waals surface area contributed by atoms with Crippen LogP contribution in [-0.4, -0.2) is 75.9 Å². The van der Waals surface area contributed by atoms with Gasteiger partial charge in [-0.25, -0.2) is 0 Å². The first kappa shape index (κ1) is 31.4. The van der Waals surface area contributed by atoms with E-state index in [4.69, 9.17) is 18.4 Å². The molecule has 0 saturated heterocycles. The molecule has 2 atom stereocenters. The first-order chi connectivity index (χ1) is 13.6. The molecule has 0 N–H and O–H groups in total. The van der Waals surface area contributed by atoms with Crippen LogP contribution >= 0.6 is 0 Å². The van der Waals surface area contributed by atoms with Gasteiger partial charge in [0, 0.05) is 0 Å². The number of rotatable bonds is 15. The van der Waals surface area contributed by atoms with Crippen molar-refractivity contribution in [1.82, 2.24) is 0 Å². The monoisotopic (exact) mass is 650 g/mol. The van der Waals surface area contributed by atoms with E-state index in [0.29, 0.717) is 0 Å². The predicted molar refractivity (Wildman–Crippen MR) is 128 cm³/mol. The van der Waals surface area contributed by atoms with E-state index in [1.807, 2.05) is 83.1 Å². The van der Waals surface area contributed by atoms with E-state index in [-0.39, 0.29) is 44.5 Å². The maximum absolute atomic E-state index is 6.59. The molecule has 0 aromatic carbocycles. The molecule has 6 nitrogen and oxygen atoms in total. The predicted octanol–water partition coefficient (Wildman–Crippen LogP) is 6.19. The summed E-state index contributed by atoms with van der Waals surface area (Å²) in [4.78, 5) is 0. The minimum atomic E-state index is -4.06. The summed E-state index contributed by atoms with van der Waals surface area (Å²) in [7, 11) is 0. The van der Waals surface area contributed by atoms with Crippen molar-refractivity contribution >= 4 is 39.2 Å². The third-order valence-electron chi connectivity index (χ3n) is 4.27. The van der Waals surface area contributed by atoms with Crippen molar-refractivity contribution in [3.8, 4) is 0 Å². The van der Waals surface area contributed by atoms with Crippen molar-refractivity contribution in [1.29, 1.82) is 0 Å². The van der Waals surface area contributed by atoms with Gasteiger partial charge in [-0.05, 0) is 0 Å². The number of hydrogen-bond donors (Lipinski definition) is 0. The molecule has 0 saturated carbocycles. The Morgan fingerprint density at radius 3 is 0.533 bits per heavy atom. The van der Waals surface area contributed by atoms with Gasteiger partial charge in [0.05, 0.1) is 0 Å². The molecule has 0 rings (SSSR count). The topological polar surface area (TPSA) is 55.4 Å². The first-order valence-corrected chi connectivity index (χ1v) is 21.9. The van der Waals surface area contributed by atoms with Gasteiger partial charge in [0.15, 0.2) is 0 Å². The van der Waals surface area contributed by atoms with Crippen LogP contribution in [0.25, 0.3) is 0 Å². The van der Waals surface area contributed by atoms with Crippen molar-refractivity contribution in [2.45, 2.75) is 141 Å².